The molecule has 1 heterocycles. The highest BCUT2D eigenvalue weighted by Crippen LogP contribution is 2.37. The van der Waals surface area contributed by atoms with E-state index >= 15 is 0 Å². The number of carbonyl (C=O) groups excluding carboxylic acids is 2. The van der Waals surface area contributed by atoms with Crippen molar-refractivity contribution in [3.05, 3.63) is 49.8 Å². The Balaban J connectivity index is 2.42. The van der Waals surface area contributed by atoms with Crippen LogP contribution in [-0.4, -0.2) is 32.6 Å². The molecule has 2 rings (SSSR count). The molecule has 1 N–H and O–H groups in total. The Morgan fingerprint density at radius 2 is 2.14 bits per heavy atom. The Morgan fingerprint density at radius 3 is 2.73 bits per heavy atom. The Kier molecular flexibility index (Phi) is 4.67. The standard InChI is InChI=1S/C13H9BrN2O5S/c1-2-3-15-12(18)10(22-13(15)19)6-7-4-8(14)11(17)9(5-7)16(20)21/h2,4-6,17H,1,3H2/b10-6+. The van der Waals surface area contributed by atoms with Crippen LogP contribution in [0.3, 0.4) is 0 Å². The molecule has 0 bridgehead atoms. The Bertz CT molecular complexity index is 731. The van der Waals surface area contributed by atoms with E-state index in [1.165, 1.54) is 18.2 Å². The van der Waals surface area contributed by atoms with Gasteiger partial charge in [0.1, 0.15) is 0 Å². The minimum absolute atomic E-state index is 0.0986. The zero-order valence-electron chi connectivity index (χ0n) is 11.0. The van der Waals surface area contributed by atoms with Crippen LogP contribution in [0.2, 0.25) is 0 Å². The summed E-state index contributed by atoms with van der Waals surface area (Å²) in [6.07, 6.45) is 2.80. The fourth-order valence-electron chi connectivity index (χ4n) is 1.77. The average Bonchev–Trinajstić information content (AvgIpc) is 2.70. The first-order valence-corrected chi connectivity index (χ1v) is 7.49. The molecule has 0 spiro atoms. The van der Waals surface area contributed by atoms with Gasteiger partial charge in [-0.15, -0.1) is 6.58 Å². The lowest BCUT2D eigenvalue weighted by atomic mass is 10.1. The molecular formula is C13H9BrN2O5S. The summed E-state index contributed by atoms with van der Waals surface area (Å²) in [6.45, 7) is 3.57. The zero-order chi connectivity index (χ0) is 16.4. The molecule has 2 amide bonds. The first-order valence-electron chi connectivity index (χ1n) is 5.88. The molecule has 1 aliphatic heterocycles. The van der Waals surface area contributed by atoms with Crippen molar-refractivity contribution in [1.82, 2.24) is 4.90 Å². The predicted molar refractivity (Wildman–Crippen MR) is 85.3 cm³/mol. The minimum Gasteiger partial charge on any atom is -0.501 e. The van der Waals surface area contributed by atoms with Gasteiger partial charge in [-0.1, -0.05) is 6.08 Å². The van der Waals surface area contributed by atoms with Crippen LogP contribution in [0.15, 0.2) is 34.2 Å². The number of benzene rings is 1. The van der Waals surface area contributed by atoms with Crippen molar-refractivity contribution in [1.29, 1.82) is 0 Å². The van der Waals surface area contributed by atoms with Gasteiger partial charge in [-0.05, 0) is 45.4 Å². The third-order valence-corrected chi connectivity index (χ3v) is 4.26. The quantitative estimate of drug-likeness (QED) is 0.370. The third kappa shape index (κ3) is 3.04. The summed E-state index contributed by atoms with van der Waals surface area (Å²) in [5.74, 6) is -0.983. The molecular weight excluding hydrogens is 376 g/mol. The molecule has 7 nitrogen and oxygen atoms in total. The Morgan fingerprint density at radius 1 is 1.45 bits per heavy atom. The number of halogens is 1. The Labute approximate surface area is 137 Å². The number of nitro benzene ring substituents is 1. The number of thioether (sulfide) groups is 1. The zero-order valence-corrected chi connectivity index (χ0v) is 13.4. The van der Waals surface area contributed by atoms with E-state index < -0.39 is 27.5 Å². The van der Waals surface area contributed by atoms with Crippen molar-refractivity contribution < 1.29 is 19.6 Å². The number of phenolic OH excluding ortho intramolecular Hbond substituents is 1. The maximum Gasteiger partial charge on any atom is 0.312 e. The second kappa shape index (κ2) is 6.32. The molecule has 0 saturated carbocycles. The van der Waals surface area contributed by atoms with Gasteiger partial charge in [-0.2, -0.15) is 0 Å². The van der Waals surface area contributed by atoms with E-state index in [2.05, 4.69) is 22.5 Å². The molecule has 0 aromatic heterocycles. The molecule has 0 unspecified atom stereocenters. The molecule has 0 radical (unpaired) electrons. The van der Waals surface area contributed by atoms with Gasteiger partial charge in [0.25, 0.3) is 11.1 Å². The lowest BCUT2D eigenvalue weighted by molar-refractivity contribution is -0.386. The van der Waals surface area contributed by atoms with Crippen molar-refractivity contribution in [2.45, 2.75) is 0 Å². The van der Waals surface area contributed by atoms with Crippen LogP contribution in [0, 0.1) is 10.1 Å². The van der Waals surface area contributed by atoms with Gasteiger partial charge >= 0.3 is 5.69 Å². The average molecular weight is 385 g/mol. The third-order valence-electron chi connectivity index (χ3n) is 2.75. The molecule has 1 saturated heterocycles. The molecule has 0 aliphatic carbocycles. The minimum atomic E-state index is -0.735. The van der Waals surface area contributed by atoms with E-state index in [0.29, 0.717) is 5.56 Å². The van der Waals surface area contributed by atoms with Gasteiger partial charge in [0.2, 0.25) is 5.75 Å². The summed E-state index contributed by atoms with van der Waals surface area (Å²) in [5.41, 5.74) is -0.175. The van der Waals surface area contributed by atoms with Crippen LogP contribution in [-0.2, 0) is 4.79 Å². The number of aromatic hydroxyl groups is 1. The van der Waals surface area contributed by atoms with Crippen molar-refractivity contribution >= 4 is 50.6 Å². The van der Waals surface area contributed by atoms with Crippen LogP contribution in [0.1, 0.15) is 5.56 Å². The fourth-order valence-corrected chi connectivity index (χ4v) is 3.08. The van der Waals surface area contributed by atoms with Gasteiger partial charge in [-0.3, -0.25) is 24.6 Å². The van der Waals surface area contributed by atoms with Crippen molar-refractivity contribution in [2.75, 3.05) is 6.54 Å². The number of hydrogen-bond acceptors (Lipinski definition) is 6. The number of phenols is 1. The molecule has 1 aromatic rings. The van der Waals surface area contributed by atoms with Crippen molar-refractivity contribution in [3.8, 4) is 5.75 Å². The van der Waals surface area contributed by atoms with E-state index in [1.54, 1.807) is 0 Å². The Hall–Kier alpha value is -2.13. The lowest BCUT2D eigenvalue weighted by Gasteiger charge is -2.07. The highest BCUT2D eigenvalue weighted by Gasteiger charge is 2.34. The van der Waals surface area contributed by atoms with Crippen LogP contribution >= 0.6 is 27.7 Å². The first kappa shape index (κ1) is 16.2. The number of nitrogens with zero attached hydrogens (tertiary/aromatic N) is 2. The fraction of sp³-hybridized carbons (Fsp3) is 0.0769. The van der Waals surface area contributed by atoms with Gasteiger partial charge in [0.05, 0.1) is 14.3 Å². The molecule has 1 fully saturated rings. The molecule has 0 atom stereocenters. The highest BCUT2D eigenvalue weighted by molar-refractivity contribution is 9.10. The second-order valence-electron chi connectivity index (χ2n) is 4.21. The van der Waals surface area contributed by atoms with Crippen LogP contribution < -0.4 is 0 Å². The predicted octanol–water partition coefficient (Wildman–Crippen LogP) is 3.29. The molecule has 9 heteroatoms. The SMILES string of the molecule is C=CCN1C(=O)S/C(=C/c2cc(Br)c(O)c([N+](=O)[O-])c2)C1=O. The number of carbonyl (C=O) groups is 2. The van der Waals surface area contributed by atoms with Gasteiger partial charge < -0.3 is 5.11 Å². The molecule has 22 heavy (non-hydrogen) atoms. The maximum absolute atomic E-state index is 12.1. The summed E-state index contributed by atoms with van der Waals surface area (Å²) in [6, 6.07) is 2.55. The number of rotatable bonds is 4. The number of nitro groups is 1. The maximum atomic E-state index is 12.1. The van der Waals surface area contributed by atoms with E-state index in [-0.39, 0.29) is 15.9 Å². The topological polar surface area (TPSA) is 101 Å². The van der Waals surface area contributed by atoms with E-state index in [0.717, 1.165) is 22.7 Å². The lowest BCUT2D eigenvalue weighted by Crippen LogP contribution is -2.27. The molecule has 1 aromatic carbocycles. The largest absolute Gasteiger partial charge is 0.501 e. The molecule has 114 valence electrons. The van der Waals surface area contributed by atoms with E-state index in [9.17, 15) is 24.8 Å². The molecule has 1 aliphatic rings. The van der Waals surface area contributed by atoms with Gasteiger partial charge in [0, 0.05) is 12.6 Å². The summed E-state index contributed by atoms with van der Waals surface area (Å²) in [4.78, 5) is 35.1. The smallest absolute Gasteiger partial charge is 0.312 e. The summed E-state index contributed by atoms with van der Waals surface area (Å²) in [7, 11) is 0. The van der Waals surface area contributed by atoms with Crippen molar-refractivity contribution in [2.24, 2.45) is 0 Å². The van der Waals surface area contributed by atoms with Crippen LogP contribution in [0.4, 0.5) is 10.5 Å². The number of hydrogen-bond donors (Lipinski definition) is 1. The normalized spacial score (nSPS) is 16.4. The summed E-state index contributed by atoms with van der Waals surface area (Å²) >= 11 is 3.76. The summed E-state index contributed by atoms with van der Waals surface area (Å²) in [5, 5.41) is 20.1. The first-order chi connectivity index (χ1) is 10.3. The van der Waals surface area contributed by atoms with Crippen LogP contribution in [0.25, 0.3) is 6.08 Å². The van der Waals surface area contributed by atoms with Crippen LogP contribution in [0.5, 0.6) is 5.75 Å². The second-order valence-corrected chi connectivity index (χ2v) is 6.06. The van der Waals surface area contributed by atoms with Gasteiger partial charge in [-0.25, -0.2) is 0 Å². The number of amides is 2. The van der Waals surface area contributed by atoms with Gasteiger partial charge in [0.15, 0.2) is 0 Å². The van der Waals surface area contributed by atoms with E-state index in [4.69, 9.17) is 0 Å². The van der Waals surface area contributed by atoms with E-state index in [1.807, 2.05) is 0 Å². The van der Waals surface area contributed by atoms with Crippen molar-refractivity contribution in [3.63, 3.8) is 0 Å². The highest BCUT2D eigenvalue weighted by atomic mass is 79.9. The summed E-state index contributed by atoms with van der Waals surface area (Å²) < 4.78 is 0.123. The monoisotopic (exact) mass is 384 g/mol. The number of imide groups is 1.